The number of hydrogen-bond acceptors (Lipinski definition) is 2. The van der Waals surface area contributed by atoms with Crippen molar-refractivity contribution in [2.75, 3.05) is 12.3 Å². The van der Waals surface area contributed by atoms with E-state index in [1.165, 1.54) is 10.5 Å². The molecule has 1 aromatic rings. The number of benzene rings is 1. The van der Waals surface area contributed by atoms with E-state index in [1.807, 2.05) is 11.8 Å². The van der Waals surface area contributed by atoms with E-state index in [0.29, 0.717) is 6.04 Å². The monoisotopic (exact) mass is 261 g/mol. The molecule has 0 amide bonds. The third-order valence-corrected chi connectivity index (χ3v) is 4.24. The molecule has 0 saturated carbocycles. The molecule has 98 valence electrons. The first-order valence-corrected chi connectivity index (χ1v) is 7.61. The molecule has 1 aromatic carbocycles. The first-order valence-electron chi connectivity index (χ1n) is 6.63. The molecule has 0 aliphatic carbocycles. The van der Waals surface area contributed by atoms with Crippen molar-refractivity contribution in [3.8, 4) is 12.3 Å². The molecule has 1 unspecified atom stereocenters. The number of aryl methyl sites for hydroxylation is 1. The van der Waals surface area contributed by atoms with E-state index < -0.39 is 0 Å². The quantitative estimate of drug-likeness (QED) is 0.433. The minimum atomic E-state index is 0.563. The van der Waals surface area contributed by atoms with Crippen LogP contribution in [0.2, 0.25) is 0 Å². The van der Waals surface area contributed by atoms with Gasteiger partial charge >= 0.3 is 0 Å². The number of thioether (sulfide) groups is 1. The lowest BCUT2D eigenvalue weighted by Crippen LogP contribution is -2.31. The number of terminal acetylenes is 1. The normalized spacial score (nSPS) is 12.1. The summed E-state index contributed by atoms with van der Waals surface area (Å²) in [6.45, 7) is 5.35. The Hall–Kier alpha value is -0.910. The number of rotatable bonds is 8. The summed E-state index contributed by atoms with van der Waals surface area (Å²) in [6, 6.07) is 9.13. The molecule has 1 rings (SSSR count). The van der Waals surface area contributed by atoms with Crippen molar-refractivity contribution in [2.45, 2.75) is 44.0 Å². The van der Waals surface area contributed by atoms with Crippen LogP contribution in [0, 0.1) is 19.3 Å². The smallest absolute Gasteiger partial charge is 0.0161 e. The summed E-state index contributed by atoms with van der Waals surface area (Å²) >= 11 is 1.94. The standard InChI is InChI=1S/C16H23NS/c1-4-6-7-11-15(17-5-2)13-18-16-12-9-8-10-14(16)3/h1,8-10,12,15,17H,5-7,11,13H2,2-3H3. The van der Waals surface area contributed by atoms with Crippen LogP contribution in [0.1, 0.15) is 31.7 Å². The van der Waals surface area contributed by atoms with Crippen LogP contribution in [0.25, 0.3) is 0 Å². The fraction of sp³-hybridized carbons (Fsp3) is 0.500. The summed E-state index contributed by atoms with van der Waals surface area (Å²) in [7, 11) is 0. The van der Waals surface area contributed by atoms with Crippen molar-refractivity contribution >= 4 is 11.8 Å². The minimum Gasteiger partial charge on any atom is -0.313 e. The summed E-state index contributed by atoms with van der Waals surface area (Å²) in [5.74, 6) is 3.83. The van der Waals surface area contributed by atoms with E-state index in [1.54, 1.807) is 0 Å². The van der Waals surface area contributed by atoms with E-state index in [2.05, 4.69) is 49.4 Å². The first-order chi connectivity index (χ1) is 8.77. The second-order valence-electron chi connectivity index (χ2n) is 4.43. The van der Waals surface area contributed by atoms with Crippen molar-refractivity contribution in [2.24, 2.45) is 0 Å². The Kier molecular flexibility index (Phi) is 7.64. The second kappa shape index (κ2) is 9.08. The zero-order chi connectivity index (χ0) is 13.2. The second-order valence-corrected chi connectivity index (χ2v) is 5.49. The minimum absolute atomic E-state index is 0.563. The molecule has 2 heteroatoms. The average Bonchev–Trinajstić information content (AvgIpc) is 2.38. The largest absolute Gasteiger partial charge is 0.313 e. The molecular formula is C16H23NS. The maximum atomic E-state index is 5.30. The van der Waals surface area contributed by atoms with E-state index >= 15 is 0 Å². The lowest BCUT2D eigenvalue weighted by molar-refractivity contribution is 0.523. The highest BCUT2D eigenvalue weighted by Crippen LogP contribution is 2.23. The van der Waals surface area contributed by atoms with Crippen LogP contribution < -0.4 is 5.32 Å². The van der Waals surface area contributed by atoms with E-state index in [0.717, 1.165) is 31.6 Å². The van der Waals surface area contributed by atoms with Crippen molar-refractivity contribution in [3.63, 3.8) is 0 Å². The molecule has 0 spiro atoms. The summed E-state index contributed by atoms with van der Waals surface area (Å²) in [4.78, 5) is 1.39. The van der Waals surface area contributed by atoms with Crippen LogP contribution >= 0.6 is 11.8 Å². The average molecular weight is 261 g/mol. The summed E-state index contributed by atoms with van der Waals surface area (Å²) in [6.07, 6.45) is 8.46. The Labute approximate surface area is 116 Å². The highest BCUT2D eigenvalue weighted by molar-refractivity contribution is 7.99. The number of hydrogen-bond donors (Lipinski definition) is 1. The lowest BCUT2D eigenvalue weighted by Gasteiger charge is -2.17. The highest BCUT2D eigenvalue weighted by Gasteiger charge is 2.08. The van der Waals surface area contributed by atoms with Crippen LogP contribution in [-0.2, 0) is 0 Å². The summed E-state index contributed by atoms with van der Waals surface area (Å²) in [5.41, 5.74) is 1.36. The molecule has 0 heterocycles. The van der Waals surface area contributed by atoms with Crippen LogP contribution in [-0.4, -0.2) is 18.3 Å². The van der Waals surface area contributed by atoms with Gasteiger partial charge in [-0.3, -0.25) is 0 Å². The predicted molar refractivity (Wildman–Crippen MR) is 82.1 cm³/mol. The molecule has 0 aliphatic rings. The number of unbranched alkanes of at least 4 members (excludes halogenated alkanes) is 1. The van der Waals surface area contributed by atoms with Gasteiger partial charge in [-0.25, -0.2) is 0 Å². The maximum absolute atomic E-state index is 5.30. The molecule has 1 atom stereocenters. The number of nitrogens with one attached hydrogen (secondary N) is 1. The Balaban J connectivity index is 2.41. The molecule has 1 N–H and O–H groups in total. The van der Waals surface area contributed by atoms with Crippen LogP contribution in [0.4, 0.5) is 0 Å². The third kappa shape index (κ3) is 5.62. The van der Waals surface area contributed by atoms with Crippen LogP contribution in [0.15, 0.2) is 29.2 Å². The molecule has 0 bridgehead atoms. The van der Waals surface area contributed by atoms with Gasteiger partial charge in [-0.1, -0.05) is 25.1 Å². The van der Waals surface area contributed by atoms with E-state index in [4.69, 9.17) is 6.42 Å². The SMILES string of the molecule is C#CCCCC(CSc1ccccc1C)NCC. The lowest BCUT2D eigenvalue weighted by atomic mass is 10.1. The van der Waals surface area contributed by atoms with Gasteiger partial charge in [-0.05, 0) is 37.9 Å². The van der Waals surface area contributed by atoms with Gasteiger partial charge in [0.1, 0.15) is 0 Å². The van der Waals surface area contributed by atoms with Crippen LogP contribution in [0.5, 0.6) is 0 Å². The fourth-order valence-electron chi connectivity index (χ4n) is 1.89. The topological polar surface area (TPSA) is 12.0 Å². The molecular weight excluding hydrogens is 238 g/mol. The Morgan fingerprint density at radius 1 is 1.39 bits per heavy atom. The zero-order valence-electron chi connectivity index (χ0n) is 11.4. The molecule has 0 saturated heterocycles. The maximum Gasteiger partial charge on any atom is 0.0161 e. The first kappa shape index (κ1) is 15.1. The molecule has 1 nitrogen and oxygen atoms in total. The molecule has 0 aromatic heterocycles. The van der Waals surface area contributed by atoms with Crippen molar-refractivity contribution in [1.29, 1.82) is 0 Å². The molecule has 18 heavy (non-hydrogen) atoms. The van der Waals surface area contributed by atoms with Gasteiger partial charge in [0.25, 0.3) is 0 Å². The van der Waals surface area contributed by atoms with Crippen molar-refractivity contribution in [3.05, 3.63) is 29.8 Å². The Morgan fingerprint density at radius 2 is 2.17 bits per heavy atom. The van der Waals surface area contributed by atoms with E-state index in [-0.39, 0.29) is 0 Å². The van der Waals surface area contributed by atoms with Crippen molar-refractivity contribution in [1.82, 2.24) is 5.32 Å². The van der Waals surface area contributed by atoms with Gasteiger partial charge in [0.2, 0.25) is 0 Å². The van der Waals surface area contributed by atoms with Crippen molar-refractivity contribution < 1.29 is 0 Å². The highest BCUT2D eigenvalue weighted by atomic mass is 32.2. The Bertz CT molecular complexity index is 381. The Morgan fingerprint density at radius 3 is 2.83 bits per heavy atom. The fourth-order valence-corrected chi connectivity index (χ4v) is 3.03. The van der Waals surface area contributed by atoms with E-state index in [9.17, 15) is 0 Å². The van der Waals surface area contributed by atoms with Gasteiger partial charge in [0, 0.05) is 23.1 Å². The van der Waals surface area contributed by atoms with Gasteiger partial charge in [-0.15, -0.1) is 24.1 Å². The molecule has 0 fully saturated rings. The zero-order valence-corrected chi connectivity index (χ0v) is 12.2. The van der Waals surface area contributed by atoms with Crippen LogP contribution in [0.3, 0.4) is 0 Å². The summed E-state index contributed by atoms with van der Waals surface area (Å²) < 4.78 is 0. The predicted octanol–water partition coefficient (Wildman–Crippen LogP) is 3.87. The molecule has 0 radical (unpaired) electrons. The van der Waals surface area contributed by atoms with Gasteiger partial charge in [0.05, 0.1) is 0 Å². The summed E-state index contributed by atoms with van der Waals surface area (Å²) in [5, 5.41) is 3.54. The van der Waals surface area contributed by atoms with Gasteiger partial charge < -0.3 is 5.32 Å². The third-order valence-electron chi connectivity index (χ3n) is 2.90. The molecule has 0 aliphatic heterocycles. The van der Waals surface area contributed by atoms with Gasteiger partial charge in [-0.2, -0.15) is 0 Å². The van der Waals surface area contributed by atoms with Gasteiger partial charge in [0.15, 0.2) is 0 Å².